The maximum Gasteiger partial charge on any atom is 0.407 e. The zero-order chi connectivity index (χ0) is 15.1. The fourth-order valence-corrected chi connectivity index (χ4v) is 1.59. The van der Waals surface area contributed by atoms with Crippen LogP contribution in [0.1, 0.15) is 5.56 Å². The van der Waals surface area contributed by atoms with Crippen LogP contribution >= 0.6 is 15.9 Å². The summed E-state index contributed by atoms with van der Waals surface area (Å²) in [7, 11) is 2.75. The van der Waals surface area contributed by atoms with E-state index in [1.807, 2.05) is 0 Å². The van der Waals surface area contributed by atoms with Gasteiger partial charge in [0.2, 0.25) is 0 Å². The van der Waals surface area contributed by atoms with E-state index in [1.165, 1.54) is 26.3 Å². The first-order chi connectivity index (χ1) is 9.45. The van der Waals surface area contributed by atoms with Gasteiger partial charge in [-0.3, -0.25) is 9.63 Å². The van der Waals surface area contributed by atoms with E-state index < -0.39 is 17.8 Å². The first-order valence-corrected chi connectivity index (χ1v) is 6.39. The average Bonchev–Trinajstić information content (AvgIpc) is 2.45. The number of hydrogen-bond acceptors (Lipinski definition) is 4. The Morgan fingerprint density at radius 3 is 2.80 bits per heavy atom. The summed E-state index contributed by atoms with van der Waals surface area (Å²) in [5.41, 5.74) is 0.487. The smallest absolute Gasteiger partial charge is 0.407 e. The molecule has 0 aliphatic carbocycles. The van der Waals surface area contributed by atoms with Gasteiger partial charge in [0.1, 0.15) is 19.0 Å². The quantitative estimate of drug-likeness (QED) is 0.824. The number of benzene rings is 1. The molecular formula is C12H14BrFN2O4. The molecule has 1 N–H and O–H groups in total. The summed E-state index contributed by atoms with van der Waals surface area (Å²) >= 11 is 3.06. The number of carbonyl (C=O) groups excluding carboxylic acids is 2. The zero-order valence-corrected chi connectivity index (χ0v) is 12.6. The second-order valence-electron chi connectivity index (χ2n) is 3.72. The monoisotopic (exact) mass is 348 g/mol. The van der Waals surface area contributed by atoms with Gasteiger partial charge in [-0.05, 0) is 22.0 Å². The average molecular weight is 349 g/mol. The van der Waals surface area contributed by atoms with Crippen LogP contribution in [-0.4, -0.2) is 37.8 Å². The van der Waals surface area contributed by atoms with E-state index in [1.54, 1.807) is 6.07 Å². The van der Waals surface area contributed by atoms with Gasteiger partial charge in [0.15, 0.2) is 0 Å². The highest BCUT2D eigenvalue weighted by Crippen LogP contribution is 2.20. The molecule has 2 amide bonds. The number of nitrogens with zero attached hydrogens (tertiary/aromatic N) is 1. The number of amides is 2. The van der Waals surface area contributed by atoms with Crippen molar-refractivity contribution in [2.24, 2.45) is 0 Å². The topological polar surface area (TPSA) is 67.9 Å². The third-order valence-corrected chi connectivity index (χ3v) is 3.29. The summed E-state index contributed by atoms with van der Waals surface area (Å²) in [6.45, 7) is -0.369. The number of likely N-dealkylation sites (N-methyl/N-ethyl adjacent to an activating group) is 1. The molecule has 0 radical (unpaired) electrons. The minimum absolute atomic E-state index is 0.113. The number of ether oxygens (including phenoxy) is 1. The van der Waals surface area contributed by atoms with Gasteiger partial charge in [0.25, 0.3) is 5.91 Å². The fourth-order valence-electron chi connectivity index (χ4n) is 1.22. The van der Waals surface area contributed by atoms with Crippen LogP contribution in [0.2, 0.25) is 0 Å². The molecule has 0 aliphatic heterocycles. The third-order valence-electron chi connectivity index (χ3n) is 2.40. The standard InChI is InChI=1S/C12H14BrFN2O4/c1-16(19-2)10(17)6-15-12(18)20-7-8-4-3-5-9(14)11(8)13/h3-5H,6-7H2,1-2H3,(H,15,18). The molecule has 0 heterocycles. The van der Waals surface area contributed by atoms with Crippen LogP contribution in [0, 0.1) is 5.82 Å². The molecule has 0 bridgehead atoms. The van der Waals surface area contributed by atoms with Crippen molar-refractivity contribution in [3.8, 4) is 0 Å². The van der Waals surface area contributed by atoms with E-state index >= 15 is 0 Å². The minimum atomic E-state index is -0.779. The van der Waals surface area contributed by atoms with Crippen LogP contribution in [0.5, 0.6) is 0 Å². The third kappa shape index (κ3) is 4.78. The summed E-state index contributed by atoms with van der Waals surface area (Å²) in [4.78, 5) is 27.3. The predicted octanol–water partition coefficient (Wildman–Crippen LogP) is 1.83. The molecule has 0 saturated heterocycles. The zero-order valence-electron chi connectivity index (χ0n) is 11.0. The Bertz CT molecular complexity index is 498. The van der Waals surface area contributed by atoms with E-state index in [4.69, 9.17) is 4.74 Å². The number of carbonyl (C=O) groups is 2. The SMILES string of the molecule is CON(C)C(=O)CNC(=O)OCc1cccc(F)c1Br. The lowest BCUT2D eigenvalue weighted by molar-refractivity contribution is -0.167. The number of rotatable bonds is 5. The van der Waals surface area contributed by atoms with Gasteiger partial charge in [0, 0.05) is 12.6 Å². The molecule has 0 fully saturated rings. The van der Waals surface area contributed by atoms with E-state index in [2.05, 4.69) is 26.1 Å². The molecule has 110 valence electrons. The predicted molar refractivity (Wildman–Crippen MR) is 72.1 cm³/mol. The van der Waals surface area contributed by atoms with E-state index in [9.17, 15) is 14.0 Å². The minimum Gasteiger partial charge on any atom is -0.445 e. The summed E-state index contributed by atoms with van der Waals surface area (Å²) in [5.74, 6) is -0.875. The van der Waals surface area contributed by atoms with E-state index in [-0.39, 0.29) is 17.6 Å². The molecular weight excluding hydrogens is 335 g/mol. The van der Waals surface area contributed by atoms with E-state index in [0.29, 0.717) is 5.56 Å². The molecule has 0 aliphatic rings. The summed E-state index contributed by atoms with van der Waals surface area (Å²) < 4.78 is 18.3. The van der Waals surface area contributed by atoms with Gasteiger partial charge < -0.3 is 10.1 Å². The molecule has 0 unspecified atom stereocenters. The van der Waals surface area contributed by atoms with Gasteiger partial charge in [-0.15, -0.1) is 0 Å². The second-order valence-corrected chi connectivity index (χ2v) is 4.51. The molecule has 1 aromatic carbocycles. The van der Waals surface area contributed by atoms with Gasteiger partial charge in [-0.2, -0.15) is 0 Å². The number of nitrogens with one attached hydrogen (secondary N) is 1. The molecule has 0 spiro atoms. The molecule has 8 heteroatoms. The van der Waals surface area contributed by atoms with Crippen LogP contribution in [0.3, 0.4) is 0 Å². The number of hydroxylamine groups is 2. The largest absolute Gasteiger partial charge is 0.445 e. The first-order valence-electron chi connectivity index (χ1n) is 5.60. The van der Waals surface area contributed by atoms with E-state index in [0.717, 1.165) is 5.06 Å². The van der Waals surface area contributed by atoms with Crippen molar-refractivity contribution in [2.45, 2.75) is 6.61 Å². The Morgan fingerprint density at radius 2 is 2.15 bits per heavy atom. The highest BCUT2D eigenvalue weighted by molar-refractivity contribution is 9.10. The van der Waals surface area contributed by atoms with Crippen LogP contribution < -0.4 is 5.32 Å². The van der Waals surface area contributed by atoms with Crippen molar-refractivity contribution >= 4 is 27.9 Å². The van der Waals surface area contributed by atoms with Gasteiger partial charge >= 0.3 is 6.09 Å². The van der Waals surface area contributed by atoms with Crippen molar-refractivity contribution in [3.63, 3.8) is 0 Å². The van der Waals surface area contributed by atoms with Crippen molar-refractivity contribution in [1.82, 2.24) is 10.4 Å². The van der Waals surface area contributed by atoms with Crippen LogP contribution in [0.15, 0.2) is 22.7 Å². The Kier molecular flexibility index (Phi) is 6.40. The Balaban J connectivity index is 2.40. The van der Waals surface area contributed by atoms with Crippen molar-refractivity contribution in [3.05, 3.63) is 34.1 Å². The van der Waals surface area contributed by atoms with Crippen LogP contribution in [0.4, 0.5) is 9.18 Å². The fraction of sp³-hybridized carbons (Fsp3) is 0.333. The molecule has 0 aromatic heterocycles. The maximum absolute atomic E-state index is 13.2. The van der Waals surface area contributed by atoms with Gasteiger partial charge in [0.05, 0.1) is 11.6 Å². The molecule has 1 rings (SSSR count). The number of halogens is 2. The van der Waals surface area contributed by atoms with Crippen molar-refractivity contribution in [1.29, 1.82) is 0 Å². The van der Waals surface area contributed by atoms with Gasteiger partial charge in [-0.25, -0.2) is 14.2 Å². The lowest BCUT2D eigenvalue weighted by Gasteiger charge is -2.14. The maximum atomic E-state index is 13.2. The van der Waals surface area contributed by atoms with Crippen molar-refractivity contribution < 1.29 is 23.6 Å². The lowest BCUT2D eigenvalue weighted by atomic mass is 10.2. The number of alkyl carbamates (subject to hydrolysis) is 1. The highest BCUT2D eigenvalue weighted by atomic mass is 79.9. The van der Waals surface area contributed by atoms with Crippen molar-refractivity contribution in [2.75, 3.05) is 20.7 Å². The Labute approximate surface area is 123 Å². The summed E-state index contributed by atoms with van der Waals surface area (Å²) in [6.07, 6.45) is -0.779. The first kappa shape index (κ1) is 16.4. The lowest BCUT2D eigenvalue weighted by Crippen LogP contribution is -2.37. The van der Waals surface area contributed by atoms with Crippen LogP contribution in [0.25, 0.3) is 0 Å². The molecule has 0 atom stereocenters. The molecule has 1 aromatic rings. The van der Waals surface area contributed by atoms with Gasteiger partial charge in [-0.1, -0.05) is 12.1 Å². The summed E-state index contributed by atoms with van der Waals surface area (Å²) in [6, 6.07) is 4.41. The molecule has 20 heavy (non-hydrogen) atoms. The number of hydrogen-bond donors (Lipinski definition) is 1. The Hall–Kier alpha value is -1.67. The normalized spacial score (nSPS) is 10.0. The molecule has 0 saturated carbocycles. The van der Waals surface area contributed by atoms with Crippen LogP contribution in [-0.2, 0) is 21.0 Å². The molecule has 6 nitrogen and oxygen atoms in total. The highest BCUT2D eigenvalue weighted by Gasteiger charge is 2.11. The second kappa shape index (κ2) is 7.81. The Morgan fingerprint density at radius 1 is 1.45 bits per heavy atom. The summed E-state index contributed by atoms with van der Waals surface area (Å²) in [5, 5.41) is 3.24.